The molecule has 0 aliphatic carbocycles. The normalized spacial score (nSPS) is 12.9. The zero-order valence-corrected chi connectivity index (χ0v) is 10.7. The van der Waals surface area contributed by atoms with Crippen LogP contribution in [0.5, 0.6) is 0 Å². The molecular formula is C11H22N2O3. The Kier molecular flexibility index (Phi) is 6.03. The predicted octanol–water partition coefficient (Wildman–Crippen LogP) is 0.695. The summed E-state index contributed by atoms with van der Waals surface area (Å²) in [6.07, 6.45) is 0. The highest BCUT2D eigenvalue weighted by molar-refractivity contribution is 5.80. The summed E-state index contributed by atoms with van der Waals surface area (Å²) in [5.41, 5.74) is 0. The second kappa shape index (κ2) is 6.48. The number of hydrogen-bond donors (Lipinski definition) is 2. The zero-order chi connectivity index (χ0) is 12.9. The molecule has 0 saturated heterocycles. The fourth-order valence-corrected chi connectivity index (χ4v) is 1.59. The van der Waals surface area contributed by atoms with Crippen LogP contribution in [0.25, 0.3) is 0 Å². The Morgan fingerprint density at radius 2 is 1.56 bits per heavy atom. The molecule has 16 heavy (non-hydrogen) atoms. The number of rotatable bonds is 6. The van der Waals surface area contributed by atoms with Crippen molar-refractivity contribution < 1.29 is 14.7 Å². The second-order valence-corrected chi connectivity index (χ2v) is 4.43. The highest BCUT2D eigenvalue weighted by Crippen LogP contribution is 2.04. The Hall–Kier alpha value is -1.10. The first-order valence-electron chi connectivity index (χ1n) is 5.54. The Balaban J connectivity index is 4.27. The molecule has 0 aromatic rings. The molecule has 0 rings (SSSR count). The highest BCUT2D eigenvalue weighted by Gasteiger charge is 2.21. The molecule has 0 heterocycles. The van der Waals surface area contributed by atoms with Gasteiger partial charge >= 0.3 is 5.97 Å². The van der Waals surface area contributed by atoms with Gasteiger partial charge in [0.25, 0.3) is 0 Å². The average Bonchev–Trinajstić information content (AvgIpc) is 2.12. The first kappa shape index (κ1) is 14.9. The molecule has 0 aromatic carbocycles. The van der Waals surface area contributed by atoms with Crippen molar-refractivity contribution >= 4 is 11.9 Å². The molecule has 1 amide bonds. The number of hydrogen-bond acceptors (Lipinski definition) is 3. The molecule has 2 N–H and O–H groups in total. The van der Waals surface area contributed by atoms with Gasteiger partial charge in [-0.2, -0.15) is 0 Å². The van der Waals surface area contributed by atoms with E-state index in [1.165, 1.54) is 6.92 Å². The number of carboxylic acid groups (broad SMARTS) is 1. The molecule has 0 aliphatic heterocycles. The van der Waals surface area contributed by atoms with Gasteiger partial charge in [-0.3, -0.25) is 14.9 Å². The topological polar surface area (TPSA) is 69.6 Å². The van der Waals surface area contributed by atoms with E-state index in [2.05, 4.69) is 5.32 Å². The number of amides is 1. The van der Waals surface area contributed by atoms with Gasteiger partial charge in [-0.25, -0.2) is 0 Å². The van der Waals surface area contributed by atoms with Crippen molar-refractivity contribution in [3.63, 3.8) is 0 Å². The largest absolute Gasteiger partial charge is 0.480 e. The minimum atomic E-state index is -0.951. The Morgan fingerprint density at radius 1 is 1.12 bits per heavy atom. The van der Waals surface area contributed by atoms with E-state index in [-0.39, 0.29) is 24.5 Å². The van der Waals surface area contributed by atoms with Crippen molar-refractivity contribution in [2.45, 2.75) is 52.7 Å². The molecule has 0 spiro atoms. The summed E-state index contributed by atoms with van der Waals surface area (Å²) in [5.74, 6) is -1.02. The Morgan fingerprint density at radius 3 is 1.88 bits per heavy atom. The lowest BCUT2D eigenvalue weighted by Gasteiger charge is -2.31. The molecular weight excluding hydrogens is 208 g/mol. The van der Waals surface area contributed by atoms with Gasteiger partial charge in [-0.15, -0.1) is 0 Å². The molecule has 0 fully saturated rings. The Bertz CT molecular complexity index is 244. The predicted molar refractivity (Wildman–Crippen MR) is 62.2 cm³/mol. The van der Waals surface area contributed by atoms with Gasteiger partial charge in [0, 0.05) is 12.1 Å². The number of carbonyl (C=O) groups is 2. The van der Waals surface area contributed by atoms with Crippen molar-refractivity contribution in [1.29, 1.82) is 0 Å². The zero-order valence-electron chi connectivity index (χ0n) is 10.7. The standard InChI is InChI=1S/C11H22N2O3/c1-7(2)13(8(3)4)10(14)6-12-9(5)11(15)16/h7-9,12H,6H2,1-5H3,(H,15,16)/t9-/m1/s1. The number of nitrogens with one attached hydrogen (secondary N) is 1. The van der Waals surface area contributed by atoms with Crippen LogP contribution in [-0.4, -0.2) is 46.6 Å². The minimum Gasteiger partial charge on any atom is -0.480 e. The van der Waals surface area contributed by atoms with E-state index in [0.29, 0.717) is 0 Å². The summed E-state index contributed by atoms with van der Waals surface area (Å²) in [4.78, 5) is 24.1. The maximum Gasteiger partial charge on any atom is 0.320 e. The maximum atomic E-state index is 11.8. The van der Waals surface area contributed by atoms with Gasteiger partial charge in [-0.1, -0.05) is 0 Å². The maximum absolute atomic E-state index is 11.8. The monoisotopic (exact) mass is 230 g/mol. The summed E-state index contributed by atoms with van der Waals surface area (Å²) < 4.78 is 0. The fourth-order valence-electron chi connectivity index (χ4n) is 1.59. The van der Waals surface area contributed by atoms with E-state index >= 15 is 0 Å². The van der Waals surface area contributed by atoms with Crippen LogP contribution in [0.3, 0.4) is 0 Å². The minimum absolute atomic E-state index is 0.0594. The summed E-state index contributed by atoms with van der Waals surface area (Å²) >= 11 is 0. The molecule has 5 heteroatoms. The van der Waals surface area contributed by atoms with Crippen molar-refractivity contribution in [2.75, 3.05) is 6.54 Å². The molecule has 0 bridgehead atoms. The Labute approximate surface area is 96.8 Å². The van der Waals surface area contributed by atoms with Crippen molar-refractivity contribution in [1.82, 2.24) is 10.2 Å². The lowest BCUT2D eigenvalue weighted by molar-refractivity contribution is -0.139. The van der Waals surface area contributed by atoms with Gasteiger partial charge in [0.2, 0.25) is 5.91 Å². The number of nitrogens with zero attached hydrogens (tertiary/aromatic N) is 1. The SMILES string of the molecule is CC(C)N(C(=O)CN[C@H](C)C(=O)O)C(C)C. The highest BCUT2D eigenvalue weighted by atomic mass is 16.4. The van der Waals surface area contributed by atoms with Crippen LogP contribution in [0, 0.1) is 0 Å². The van der Waals surface area contributed by atoms with E-state index in [4.69, 9.17) is 5.11 Å². The third-order valence-corrected chi connectivity index (χ3v) is 2.33. The lowest BCUT2D eigenvalue weighted by atomic mass is 10.2. The van der Waals surface area contributed by atoms with Crippen molar-refractivity contribution in [3.05, 3.63) is 0 Å². The van der Waals surface area contributed by atoms with Crippen LogP contribution in [-0.2, 0) is 9.59 Å². The quantitative estimate of drug-likeness (QED) is 0.704. The van der Waals surface area contributed by atoms with Crippen molar-refractivity contribution in [2.24, 2.45) is 0 Å². The average molecular weight is 230 g/mol. The molecule has 0 unspecified atom stereocenters. The van der Waals surface area contributed by atoms with Gasteiger partial charge in [-0.05, 0) is 34.6 Å². The van der Waals surface area contributed by atoms with Crippen LogP contribution in [0.2, 0.25) is 0 Å². The molecule has 0 radical (unpaired) electrons. The van der Waals surface area contributed by atoms with E-state index in [1.54, 1.807) is 4.90 Å². The smallest absolute Gasteiger partial charge is 0.320 e. The molecule has 1 atom stereocenters. The molecule has 0 saturated carbocycles. The first-order chi connectivity index (χ1) is 7.27. The third kappa shape index (κ3) is 4.61. The number of carboxylic acids is 1. The van der Waals surface area contributed by atoms with E-state index in [0.717, 1.165) is 0 Å². The van der Waals surface area contributed by atoms with E-state index in [9.17, 15) is 9.59 Å². The van der Waals surface area contributed by atoms with Crippen LogP contribution < -0.4 is 5.32 Å². The van der Waals surface area contributed by atoms with Crippen LogP contribution in [0.1, 0.15) is 34.6 Å². The number of aliphatic carboxylic acids is 1. The summed E-state index contributed by atoms with van der Waals surface area (Å²) in [6, 6.07) is -0.464. The van der Waals surface area contributed by atoms with Crippen LogP contribution in [0.15, 0.2) is 0 Å². The molecule has 94 valence electrons. The molecule has 5 nitrogen and oxygen atoms in total. The van der Waals surface area contributed by atoms with E-state index in [1.807, 2.05) is 27.7 Å². The van der Waals surface area contributed by atoms with Gasteiger partial charge in [0.1, 0.15) is 6.04 Å². The summed E-state index contributed by atoms with van der Waals surface area (Å²) in [5, 5.41) is 11.3. The third-order valence-electron chi connectivity index (χ3n) is 2.33. The number of carbonyl (C=O) groups excluding carboxylic acids is 1. The molecule has 0 aromatic heterocycles. The summed E-state index contributed by atoms with van der Waals surface area (Å²) in [6.45, 7) is 9.35. The van der Waals surface area contributed by atoms with Crippen LogP contribution in [0.4, 0.5) is 0 Å². The second-order valence-electron chi connectivity index (χ2n) is 4.43. The summed E-state index contributed by atoms with van der Waals surface area (Å²) in [7, 11) is 0. The van der Waals surface area contributed by atoms with E-state index < -0.39 is 12.0 Å². The van der Waals surface area contributed by atoms with Gasteiger partial charge in [0.05, 0.1) is 6.54 Å². The fraction of sp³-hybridized carbons (Fsp3) is 0.818. The van der Waals surface area contributed by atoms with Crippen molar-refractivity contribution in [3.8, 4) is 0 Å². The lowest BCUT2D eigenvalue weighted by Crippen LogP contribution is -2.48. The molecule has 0 aliphatic rings. The van der Waals surface area contributed by atoms with Gasteiger partial charge < -0.3 is 10.0 Å². The van der Waals surface area contributed by atoms with Crippen LogP contribution >= 0.6 is 0 Å². The first-order valence-corrected chi connectivity index (χ1v) is 5.54. The van der Waals surface area contributed by atoms with Gasteiger partial charge in [0.15, 0.2) is 0 Å².